The first-order valence-corrected chi connectivity index (χ1v) is 24.5. The number of aromatic nitrogens is 2. The fraction of sp³-hybridized carbons (Fsp3) is 0.231. The zero-order valence-corrected chi connectivity index (χ0v) is 45.1. The Kier molecular flexibility index (Phi) is 13.1. The van der Waals surface area contributed by atoms with Gasteiger partial charge in [0.2, 0.25) is 0 Å². The summed E-state index contributed by atoms with van der Waals surface area (Å²) in [6.45, 7) is 27.2. The van der Waals surface area contributed by atoms with Gasteiger partial charge in [0.05, 0.1) is 0 Å². The molecule has 0 N–H and O–H groups in total. The zero-order valence-electron chi connectivity index (χ0n) is 42.8. The van der Waals surface area contributed by atoms with E-state index in [1.54, 1.807) is 0 Å². The second kappa shape index (κ2) is 18.8. The van der Waals surface area contributed by atoms with E-state index in [1.807, 2.05) is 12.3 Å². The average Bonchev–Trinajstić information content (AvgIpc) is 3.94. The van der Waals surface area contributed by atoms with Crippen molar-refractivity contribution in [2.75, 3.05) is 9.80 Å². The molecule has 9 aromatic rings. The Hall–Kier alpha value is -6.68. The molecule has 10 rings (SSSR count). The second-order valence-electron chi connectivity index (χ2n) is 22.4. The monoisotopic (exact) mass is 1110 g/mol. The predicted molar refractivity (Wildman–Crippen MR) is 293 cm³/mol. The van der Waals surface area contributed by atoms with E-state index in [0.717, 1.165) is 61.4 Å². The fourth-order valence-electron chi connectivity index (χ4n) is 9.47. The Balaban J connectivity index is 0.00000624. The maximum absolute atomic E-state index is 6.97. The largest absolute Gasteiger partial charge is 0.509 e. The first kappa shape index (κ1) is 49.3. The van der Waals surface area contributed by atoms with Gasteiger partial charge in [0.25, 0.3) is 0 Å². The van der Waals surface area contributed by atoms with Gasteiger partial charge in [-0.05, 0) is 97.1 Å². The number of benzene rings is 7. The molecule has 71 heavy (non-hydrogen) atoms. The molecule has 0 saturated heterocycles. The molecule has 0 saturated carbocycles. The summed E-state index contributed by atoms with van der Waals surface area (Å²) in [7, 11) is 0. The van der Waals surface area contributed by atoms with Crippen molar-refractivity contribution < 1.29 is 25.8 Å². The standard InChI is InChI=1S/C65H63N4O.Pt/c1-62(2,3)48-27-30-58-57(38-48)56-29-28-54(41-59(56)69(58)61-39-49(31-32-66-61)63(4,5)6)70-55-34-46(44-21-15-12-16-22-44)33-53(40-55)68-43-67(42-60(68)45-23-17-13-18-24-45)52-36-50(64(7,8)9)35-51(37-52)65(10,11)47-25-19-14-20-26-47;/h12-39,42-43H,1-11H3;/q-3;. The summed E-state index contributed by atoms with van der Waals surface area (Å²) in [5.74, 6) is 2.02. The molecule has 2 aromatic heterocycles. The van der Waals surface area contributed by atoms with Crippen LogP contribution in [0.3, 0.4) is 0 Å². The molecule has 0 aliphatic carbocycles. The van der Waals surface area contributed by atoms with Gasteiger partial charge in [-0.15, -0.1) is 53.6 Å². The van der Waals surface area contributed by atoms with Crippen LogP contribution in [-0.2, 0) is 42.7 Å². The van der Waals surface area contributed by atoms with Crippen LogP contribution in [-0.4, -0.2) is 9.55 Å². The van der Waals surface area contributed by atoms with E-state index in [-0.39, 0.29) is 42.7 Å². The molecule has 1 aliphatic rings. The fourth-order valence-corrected chi connectivity index (χ4v) is 9.47. The van der Waals surface area contributed by atoms with Gasteiger partial charge >= 0.3 is 0 Å². The van der Waals surface area contributed by atoms with Crippen LogP contribution in [0.2, 0.25) is 0 Å². The minimum atomic E-state index is -0.233. The minimum absolute atomic E-state index is 0. The number of fused-ring (bicyclic) bond motifs is 3. The number of hydrogen-bond donors (Lipinski definition) is 0. The summed E-state index contributed by atoms with van der Waals surface area (Å²) in [6, 6.07) is 66.1. The first-order valence-electron chi connectivity index (χ1n) is 24.5. The molecule has 7 aromatic carbocycles. The SMILES string of the molecule is CC(C)(C)c1cc(N2C=C(c3ccccc3)N(c3[c-]c(Oc4[c-]c5c(cc4)c4cc(C(C)(C)C)ccc4n5-c4cc(C(C)(C)C)ccn4)cc(-c4ccccc4)c3)[CH-]2)cc(C(C)(C)c2ccccc2)c1.[Pt]. The van der Waals surface area contributed by atoms with Crippen molar-refractivity contribution >= 4 is 38.9 Å². The van der Waals surface area contributed by atoms with Crippen molar-refractivity contribution in [3.05, 3.63) is 228 Å². The number of nitrogens with zero attached hydrogens (tertiary/aromatic N) is 4. The van der Waals surface area contributed by atoms with Gasteiger partial charge in [0.15, 0.2) is 0 Å². The van der Waals surface area contributed by atoms with Crippen molar-refractivity contribution in [2.24, 2.45) is 0 Å². The molecule has 1 aliphatic heterocycles. The molecule has 0 fully saturated rings. The van der Waals surface area contributed by atoms with Crippen LogP contribution >= 0.6 is 0 Å². The normalized spacial score (nSPS) is 13.4. The number of hydrogen-bond acceptors (Lipinski definition) is 4. The smallest absolute Gasteiger partial charge is 0.135 e. The minimum Gasteiger partial charge on any atom is -0.509 e. The van der Waals surface area contributed by atoms with E-state index in [4.69, 9.17) is 9.72 Å². The number of rotatable bonds is 9. The van der Waals surface area contributed by atoms with Gasteiger partial charge in [-0.25, -0.2) is 4.98 Å². The van der Waals surface area contributed by atoms with Crippen LogP contribution in [0.5, 0.6) is 11.5 Å². The van der Waals surface area contributed by atoms with E-state index < -0.39 is 0 Å². The number of ether oxygens (including phenoxy) is 1. The second-order valence-corrected chi connectivity index (χ2v) is 22.4. The van der Waals surface area contributed by atoms with Crippen LogP contribution in [0, 0.1) is 18.8 Å². The summed E-state index contributed by atoms with van der Waals surface area (Å²) in [5, 5.41) is 2.25. The maximum Gasteiger partial charge on any atom is 0.135 e. The van der Waals surface area contributed by atoms with Crippen LogP contribution in [0.4, 0.5) is 11.4 Å². The van der Waals surface area contributed by atoms with Gasteiger partial charge in [-0.2, -0.15) is 6.07 Å². The predicted octanol–water partition coefficient (Wildman–Crippen LogP) is 16.9. The maximum atomic E-state index is 6.97. The Morgan fingerprint density at radius 3 is 1.77 bits per heavy atom. The molecule has 0 spiro atoms. The Morgan fingerprint density at radius 2 is 1.11 bits per heavy atom. The number of anilines is 2. The van der Waals surface area contributed by atoms with Crippen LogP contribution in [0.15, 0.2) is 176 Å². The molecule has 0 amide bonds. The van der Waals surface area contributed by atoms with Crippen LogP contribution < -0.4 is 14.5 Å². The van der Waals surface area contributed by atoms with E-state index in [2.05, 4.69) is 273 Å². The molecule has 0 radical (unpaired) electrons. The van der Waals surface area contributed by atoms with Crippen LogP contribution in [0.25, 0.3) is 44.4 Å². The third-order valence-electron chi connectivity index (χ3n) is 13.9. The Bertz CT molecular complexity index is 3410. The van der Waals surface area contributed by atoms with Gasteiger partial charge in [-0.1, -0.05) is 191 Å². The first-order chi connectivity index (χ1) is 33.3. The number of pyridine rings is 1. The van der Waals surface area contributed by atoms with E-state index in [1.165, 1.54) is 27.8 Å². The summed E-state index contributed by atoms with van der Waals surface area (Å²) in [6.07, 6.45) is 4.16. The van der Waals surface area contributed by atoms with Gasteiger partial charge in [0.1, 0.15) is 5.82 Å². The average molecular weight is 1110 g/mol. The molecule has 362 valence electrons. The molecule has 6 heteroatoms. The Labute approximate surface area is 436 Å². The molecule has 0 unspecified atom stereocenters. The topological polar surface area (TPSA) is 33.5 Å². The molecule has 5 nitrogen and oxygen atoms in total. The van der Waals surface area contributed by atoms with Crippen LogP contribution in [0.1, 0.15) is 110 Å². The zero-order chi connectivity index (χ0) is 49.2. The van der Waals surface area contributed by atoms with E-state index in [0.29, 0.717) is 11.5 Å². The van der Waals surface area contributed by atoms with Gasteiger partial charge < -0.3 is 19.1 Å². The van der Waals surface area contributed by atoms with Gasteiger partial charge in [-0.3, -0.25) is 0 Å². The summed E-state index contributed by atoms with van der Waals surface area (Å²) >= 11 is 0. The van der Waals surface area contributed by atoms with Crippen molar-refractivity contribution in [2.45, 2.75) is 97.8 Å². The molecular formula is C65H63N4OPt-3. The third kappa shape index (κ3) is 9.87. The van der Waals surface area contributed by atoms with E-state index in [9.17, 15) is 0 Å². The quantitative estimate of drug-likeness (QED) is 0.135. The third-order valence-corrected chi connectivity index (χ3v) is 13.9. The molecular weight excluding hydrogens is 1050 g/mol. The summed E-state index contributed by atoms with van der Waals surface area (Å²) in [4.78, 5) is 9.47. The molecule has 0 bridgehead atoms. The molecule has 0 atom stereocenters. The Morgan fingerprint density at radius 1 is 0.493 bits per heavy atom. The van der Waals surface area contributed by atoms with Crippen molar-refractivity contribution in [1.82, 2.24) is 9.55 Å². The van der Waals surface area contributed by atoms with Crippen molar-refractivity contribution in [3.8, 4) is 28.4 Å². The van der Waals surface area contributed by atoms with Gasteiger partial charge in [0, 0.05) is 61.1 Å². The summed E-state index contributed by atoms with van der Waals surface area (Å²) in [5.41, 5.74) is 14.0. The molecule has 3 heterocycles. The van der Waals surface area contributed by atoms with E-state index >= 15 is 0 Å². The summed E-state index contributed by atoms with van der Waals surface area (Å²) < 4.78 is 9.21. The van der Waals surface area contributed by atoms with Crippen molar-refractivity contribution in [3.63, 3.8) is 0 Å². The van der Waals surface area contributed by atoms with Crippen molar-refractivity contribution in [1.29, 1.82) is 0 Å².